The third-order valence-electron chi connectivity index (χ3n) is 1.96. The van der Waals surface area contributed by atoms with Gasteiger partial charge in [-0.3, -0.25) is 4.79 Å². The SMILES string of the molecule is O=C(O)[C@H](Cc1ccc(O)cc1)NS(=O)(=O)F. The smallest absolute Gasteiger partial charge is 0.373 e. The molecule has 0 aromatic heterocycles. The molecule has 0 amide bonds. The van der Waals surface area contributed by atoms with Gasteiger partial charge in [0.2, 0.25) is 0 Å². The molecule has 1 aromatic carbocycles. The van der Waals surface area contributed by atoms with Crippen molar-refractivity contribution in [3.05, 3.63) is 29.8 Å². The number of halogens is 1. The number of rotatable bonds is 5. The second kappa shape index (κ2) is 5.11. The highest BCUT2D eigenvalue weighted by Crippen LogP contribution is 2.11. The molecule has 0 saturated carbocycles. The van der Waals surface area contributed by atoms with Gasteiger partial charge in [-0.1, -0.05) is 16.0 Å². The summed E-state index contributed by atoms with van der Waals surface area (Å²) in [7, 11) is -5.08. The minimum absolute atomic E-state index is 0.00769. The van der Waals surface area contributed by atoms with Crippen molar-refractivity contribution in [2.75, 3.05) is 0 Å². The summed E-state index contributed by atoms with van der Waals surface area (Å²) in [6, 6.07) is 3.88. The highest BCUT2D eigenvalue weighted by molar-refractivity contribution is 7.84. The van der Waals surface area contributed by atoms with Crippen molar-refractivity contribution in [1.82, 2.24) is 4.72 Å². The summed E-state index contributed by atoms with van der Waals surface area (Å²) in [5.41, 5.74) is 0.450. The maximum absolute atomic E-state index is 12.3. The van der Waals surface area contributed by atoms with Crippen molar-refractivity contribution in [2.24, 2.45) is 0 Å². The van der Waals surface area contributed by atoms with Crippen molar-refractivity contribution in [1.29, 1.82) is 0 Å². The van der Waals surface area contributed by atoms with Crippen LogP contribution in [0.25, 0.3) is 0 Å². The van der Waals surface area contributed by atoms with Gasteiger partial charge >= 0.3 is 16.4 Å². The molecule has 0 heterocycles. The van der Waals surface area contributed by atoms with Gasteiger partial charge in [0.25, 0.3) is 0 Å². The van der Waals surface area contributed by atoms with Crippen LogP contribution in [0.1, 0.15) is 5.56 Å². The zero-order valence-electron chi connectivity index (χ0n) is 8.50. The minimum atomic E-state index is -5.08. The van der Waals surface area contributed by atoms with Gasteiger partial charge in [-0.15, -0.1) is 0 Å². The van der Waals surface area contributed by atoms with Gasteiger partial charge < -0.3 is 10.2 Å². The molecule has 8 heteroatoms. The molecular formula is C9H10FNO5S. The number of nitrogens with one attached hydrogen (secondary N) is 1. The summed E-state index contributed by atoms with van der Waals surface area (Å²) in [6.45, 7) is 0. The zero-order valence-corrected chi connectivity index (χ0v) is 9.32. The van der Waals surface area contributed by atoms with Crippen molar-refractivity contribution in [2.45, 2.75) is 12.5 Å². The Morgan fingerprint density at radius 3 is 2.29 bits per heavy atom. The Bertz CT molecular complexity index is 499. The van der Waals surface area contributed by atoms with Crippen molar-refractivity contribution < 1.29 is 27.3 Å². The van der Waals surface area contributed by atoms with Crippen LogP contribution in [0.15, 0.2) is 24.3 Å². The van der Waals surface area contributed by atoms with Gasteiger partial charge in [0.05, 0.1) is 0 Å². The molecule has 0 saturated heterocycles. The van der Waals surface area contributed by atoms with Crippen LogP contribution in [0.5, 0.6) is 5.75 Å². The molecule has 1 aromatic rings. The highest BCUT2D eigenvalue weighted by atomic mass is 32.3. The Hall–Kier alpha value is -1.67. The summed E-state index contributed by atoms with van der Waals surface area (Å²) in [5.74, 6) is -1.49. The fourth-order valence-electron chi connectivity index (χ4n) is 1.22. The molecule has 1 rings (SSSR count). The number of carbonyl (C=O) groups is 1. The Kier molecular flexibility index (Phi) is 4.02. The molecule has 0 radical (unpaired) electrons. The molecule has 6 nitrogen and oxygen atoms in total. The molecule has 0 aliphatic heterocycles. The topological polar surface area (TPSA) is 104 Å². The molecule has 1 atom stereocenters. The molecule has 3 N–H and O–H groups in total. The number of hydrogen-bond donors (Lipinski definition) is 3. The third kappa shape index (κ3) is 4.79. The molecule has 0 aliphatic carbocycles. The van der Waals surface area contributed by atoms with E-state index >= 15 is 0 Å². The van der Waals surface area contributed by atoms with Gasteiger partial charge in [0, 0.05) is 0 Å². The largest absolute Gasteiger partial charge is 0.508 e. The monoisotopic (exact) mass is 263 g/mol. The van der Waals surface area contributed by atoms with E-state index in [1.54, 1.807) is 0 Å². The molecule has 0 aliphatic rings. The van der Waals surface area contributed by atoms with E-state index in [4.69, 9.17) is 10.2 Å². The Morgan fingerprint density at radius 2 is 1.88 bits per heavy atom. The average Bonchev–Trinajstić information content (AvgIpc) is 2.18. The Balaban J connectivity index is 2.80. The second-order valence-corrected chi connectivity index (χ2v) is 4.43. The summed E-state index contributed by atoms with van der Waals surface area (Å²) in [6.07, 6.45) is -0.223. The molecule has 17 heavy (non-hydrogen) atoms. The maximum atomic E-state index is 12.3. The lowest BCUT2D eigenvalue weighted by molar-refractivity contribution is -0.138. The van der Waals surface area contributed by atoms with Crippen LogP contribution in [0, 0.1) is 0 Å². The van der Waals surface area contributed by atoms with Crippen LogP contribution in [-0.2, 0) is 21.6 Å². The second-order valence-electron chi connectivity index (χ2n) is 3.32. The van der Waals surface area contributed by atoms with E-state index in [9.17, 15) is 17.1 Å². The molecular weight excluding hydrogens is 253 g/mol. The fraction of sp³-hybridized carbons (Fsp3) is 0.222. The minimum Gasteiger partial charge on any atom is -0.508 e. The first-order valence-electron chi connectivity index (χ1n) is 4.50. The first-order chi connectivity index (χ1) is 7.78. The number of benzene rings is 1. The number of carboxylic acids is 1. The van der Waals surface area contributed by atoms with Gasteiger partial charge in [-0.25, -0.2) is 0 Å². The lowest BCUT2D eigenvalue weighted by atomic mass is 10.1. The van der Waals surface area contributed by atoms with Gasteiger partial charge in [0.1, 0.15) is 11.8 Å². The van der Waals surface area contributed by atoms with Crippen molar-refractivity contribution >= 4 is 16.4 Å². The lowest BCUT2D eigenvalue weighted by Gasteiger charge is -2.11. The van der Waals surface area contributed by atoms with Gasteiger partial charge in [0.15, 0.2) is 0 Å². The van der Waals surface area contributed by atoms with Crippen molar-refractivity contribution in [3.63, 3.8) is 0 Å². The standard InChI is InChI=1S/C9H10FNO5S/c10-17(15,16)11-8(9(13)14)5-6-1-3-7(12)4-2-6/h1-4,8,11-12H,5H2,(H,13,14)/t8-/m0/s1. The number of phenolic OH excluding ortho intramolecular Hbond substituents is 1. The Morgan fingerprint density at radius 1 is 1.35 bits per heavy atom. The highest BCUT2D eigenvalue weighted by Gasteiger charge is 2.23. The van der Waals surface area contributed by atoms with Crippen LogP contribution in [0.3, 0.4) is 0 Å². The van der Waals surface area contributed by atoms with E-state index in [0.29, 0.717) is 5.56 Å². The van der Waals surface area contributed by atoms with Crippen LogP contribution in [-0.4, -0.2) is 30.6 Å². The van der Waals surface area contributed by atoms with E-state index in [2.05, 4.69) is 0 Å². The Labute approximate surface area is 97.0 Å². The first kappa shape index (κ1) is 13.4. The summed E-state index contributed by atoms with van der Waals surface area (Å²) < 4.78 is 34.3. The van der Waals surface area contributed by atoms with Crippen LogP contribution >= 0.6 is 0 Å². The number of hydrogen-bond acceptors (Lipinski definition) is 4. The predicted octanol–water partition coefficient (Wildman–Crippen LogP) is 0.192. The van der Waals surface area contributed by atoms with Gasteiger partial charge in [-0.05, 0) is 24.1 Å². The van der Waals surface area contributed by atoms with E-state index < -0.39 is 22.4 Å². The lowest BCUT2D eigenvalue weighted by Crippen LogP contribution is -2.40. The number of carboxylic acid groups (broad SMARTS) is 1. The van der Waals surface area contributed by atoms with Gasteiger partial charge in [-0.2, -0.15) is 13.1 Å². The molecule has 0 unspecified atom stereocenters. The van der Waals surface area contributed by atoms with E-state index in [1.807, 2.05) is 0 Å². The first-order valence-corrected chi connectivity index (χ1v) is 5.89. The third-order valence-corrected chi connectivity index (χ3v) is 2.52. The molecule has 0 fully saturated rings. The number of phenols is 1. The average molecular weight is 263 g/mol. The molecule has 94 valence electrons. The quantitative estimate of drug-likeness (QED) is 0.658. The maximum Gasteiger partial charge on any atom is 0.373 e. The van der Waals surface area contributed by atoms with Crippen LogP contribution in [0.2, 0.25) is 0 Å². The number of aromatic hydroxyl groups is 1. The van der Waals surface area contributed by atoms with E-state index in [1.165, 1.54) is 29.0 Å². The van der Waals surface area contributed by atoms with Crippen molar-refractivity contribution in [3.8, 4) is 5.75 Å². The summed E-state index contributed by atoms with van der Waals surface area (Å²) in [5, 5.41) is 17.7. The van der Waals surface area contributed by atoms with Crippen LogP contribution < -0.4 is 4.72 Å². The molecule has 0 spiro atoms. The predicted molar refractivity (Wildman–Crippen MR) is 56.4 cm³/mol. The van der Waals surface area contributed by atoms with E-state index in [0.717, 1.165) is 0 Å². The fourth-order valence-corrected chi connectivity index (χ4v) is 1.74. The van der Waals surface area contributed by atoms with Crippen LogP contribution in [0.4, 0.5) is 3.89 Å². The summed E-state index contributed by atoms with van der Waals surface area (Å²) in [4.78, 5) is 10.7. The summed E-state index contributed by atoms with van der Waals surface area (Å²) >= 11 is 0. The molecule has 0 bridgehead atoms. The number of aliphatic carboxylic acids is 1. The van der Waals surface area contributed by atoms with E-state index in [-0.39, 0.29) is 12.2 Å². The normalized spacial score (nSPS) is 13.2. The zero-order chi connectivity index (χ0) is 13.1.